The Labute approximate surface area is 160 Å². The van der Waals surface area contributed by atoms with E-state index in [1.807, 2.05) is 91.9 Å². The molecular weight excluding hydrogens is 332 g/mol. The van der Waals surface area contributed by atoms with Gasteiger partial charge in [-0.2, -0.15) is 0 Å². The van der Waals surface area contributed by atoms with Gasteiger partial charge >= 0.3 is 5.97 Å². The summed E-state index contributed by atoms with van der Waals surface area (Å²) in [5, 5.41) is 0. The molecule has 0 aliphatic heterocycles. The van der Waals surface area contributed by atoms with Gasteiger partial charge in [-0.05, 0) is 42.8 Å². The fraction of sp³-hybridized carbons (Fsp3) is 0.0800. The van der Waals surface area contributed by atoms with Crippen LogP contribution in [0.25, 0.3) is 6.08 Å². The zero-order valence-electron chi connectivity index (χ0n) is 15.2. The van der Waals surface area contributed by atoms with Crippen molar-refractivity contribution in [3.63, 3.8) is 0 Å². The maximum absolute atomic E-state index is 12.4. The van der Waals surface area contributed by atoms with Gasteiger partial charge in [0.05, 0.1) is 5.56 Å². The summed E-state index contributed by atoms with van der Waals surface area (Å²) >= 11 is 0. The van der Waals surface area contributed by atoms with Gasteiger partial charge in [-0.15, -0.1) is 0 Å². The van der Waals surface area contributed by atoms with Crippen LogP contribution in [-0.2, 0) is 4.74 Å². The van der Waals surface area contributed by atoms with E-state index in [0.717, 1.165) is 11.1 Å². The fourth-order valence-corrected chi connectivity index (χ4v) is 2.50. The first-order chi connectivity index (χ1) is 13.2. The number of esters is 1. The van der Waals surface area contributed by atoms with Crippen LogP contribution >= 0.6 is 0 Å². The minimum atomic E-state index is -0.374. The molecule has 0 heterocycles. The molecule has 0 atom stereocenters. The predicted octanol–water partition coefficient (Wildman–Crippen LogP) is 5.27. The van der Waals surface area contributed by atoms with Gasteiger partial charge in [-0.25, -0.2) is 4.79 Å². The summed E-state index contributed by atoms with van der Waals surface area (Å²) < 4.78 is 5.36. The molecule has 0 saturated heterocycles. The van der Waals surface area contributed by atoms with Crippen LogP contribution in [-0.4, -0.2) is 12.6 Å². The van der Waals surface area contributed by atoms with Gasteiger partial charge in [0.15, 0.2) is 0 Å². The highest BCUT2D eigenvalue weighted by Gasteiger charge is 2.10. The van der Waals surface area contributed by atoms with Gasteiger partial charge in [0.1, 0.15) is 6.61 Å². The van der Waals surface area contributed by atoms with Crippen LogP contribution < -0.4 is 0 Å². The van der Waals surface area contributed by atoms with Crippen LogP contribution in [0.2, 0.25) is 0 Å². The van der Waals surface area contributed by atoms with E-state index in [9.17, 15) is 4.79 Å². The van der Waals surface area contributed by atoms with E-state index in [2.05, 4.69) is 11.8 Å². The lowest BCUT2D eigenvalue weighted by molar-refractivity contribution is 0.0550. The Bertz CT molecular complexity index is 988. The lowest BCUT2D eigenvalue weighted by Crippen LogP contribution is -2.07. The van der Waals surface area contributed by atoms with Crippen LogP contribution in [0.4, 0.5) is 0 Å². The lowest BCUT2D eigenvalue weighted by atomic mass is 10.1. The van der Waals surface area contributed by atoms with E-state index in [1.165, 1.54) is 5.56 Å². The van der Waals surface area contributed by atoms with Gasteiger partial charge in [0, 0.05) is 11.1 Å². The molecular formula is C25H20O2. The summed E-state index contributed by atoms with van der Waals surface area (Å²) in [6.07, 6.45) is 3.75. The first-order valence-electron chi connectivity index (χ1n) is 8.79. The van der Waals surface area contributed by atoms with E-state index in [0.29, 0.717) is 11.1 Å². The Morgan fingerprint density at radius 3 is 2.37 bits per heavy atom. The van der Waals surface area contributed by atoms with E-state index in [1.54, 1.807) is 6.07 Å². The van der Waals surface area contributed by atoms with Gasteiger partial charge < -0.3 is 4.74 Å². The largest absolute Gasteiger partial charge is 0.458 e. The highest BCUT2D eigenvalue weighted by atomic mass is 16.5. The Morgan fingerprint density at radius 1 is 0.889 bits per heavy atom. The lowest BCUT2D eigenvalue weighted by Gasteiger charge is -2.04. The predicted molar refractivity (Wildman–Crippen MR) is 109 cm³/mol. The Balaban J connectivity index is 1.67. The zero-order chi connectivity index (χ0) is 18.9. The number of aryl methyl sites for hydroxylation is 1. The summed E-state index contributed by atoms with van der Waals surface area (Å²) in [7, 11) is 0. The van der Waals surface area contributed by atoms with Crippen molar-refractivity contribution in [3.05, 3.63) is 113 Å². The number of rotatable bonds is 4. The highest BCUT2D eigenvalue weighted by Crippen LogP contribution is 2.10. The molecule has 0 aromatic heterocycles. The molecule has 2 heteroatoms. The Morgan fingerprint density at radius 2 is 1.59 bits per heavy atom. The van der Waals surface area contributed by atoms with E-state index in [-0.39, 0.29) is 12.6 Å². The van der Waals surface area contributed by atoms with Crippen LogP contribution in [0.1, 0.15) is 32.6 Å². The molecule has 3 rings (SSSR count). The fourth-order valence-electron chi connectivity index (χ4n) is 2.50. The summed E-state index contributed by atoms with van der Waals surface area (Å²) in [5.41, 5.74) is 4.31. The van der Waals surface area contributed by atoms with Gasteiger partial charge in [-0.3, -0.25) is 0 Å². The second kappa shape index (κ2) is 9.22. The second-order valence-corrected chi connectivity index (χ2v) is 6.07. The SMILES string of the molecule is Cc1ccc(C#Cc2ccccc2C(=O)OC/C=C/c2ccccc2)cc1. The van der Waals surface area contributed by atoms with E-state index >= 15 is 0 Å². The van der Waals surface area contributed by atoms with Crippen molar-refractivity contribution in [2.45, 2.75) is 6.92 Å². The maximum Gasteiger partial charge on any atom is 0.339 e. The summed E-state index contributed by atoms with van der Waals surface area (Å²) in [4.78, 5) is 12.4. The quantitative estimate of drug-likeness (QED) is 0.473. The molecule has 0 aliphatic rings. The van der Waals surface area contributed by atoms with Crippen LogP contribution in [0.15, 0.2) is 84.9 Å². The number of hydrogen-bond donors (Lipinski definition) is 0. The van der Waals surface area contributed by atoms with Crippen molar-refractivity contribution in [2.24, 2.45) is 0 Å². The van der Waals surface area contributed by atoms with Crippen molar-refractivity contribution in [3.8, 4) is 11.8 Å². The average Bonchev–Trinajstić information content (AvgIpc) is 2.71. The molecule has 2 nitrogen and oxygen atoms in total. The minimum Gasteiger partial charge on any atom is -0.458 e. The minimum absolute atomic E-state index is 0.216. The second-order valence-electron chi connectivity index (χ2n) is 6.07. The van der Waals surface area contributed by atoms with Crippen LogP contribution in [0.3, 0.4) is 0 Å². The first-order valence-corrected chi connectivity index (χ1v) is 8.79. The standard InChI is InChI=1S/C25H20O2/c1-20-13-15-22(16-14-20)17-18-23-11-5-6-12-24(23)25(26)27-19-7-10-21-8-3-2-4-9-21/h2-16H,19H2,1H3/b10-7+. The van der Waals surface area contributed by atoms with Crippen LogP contribution in [0, 0.1) is 18.8 Å². The molecule has 3 aromatic rings. The third-order valence-corrected chi connectivity index (χ3v) is 3.96. The molecule has 27 heavy (non-hydrogen) atoms. The first kappa shape index (κ1) is 18.2. The molecule has 0 saturated carbocycles. The van der Waals surface area contributed by atoms with Crippen molar-refractivity contribution >= 4 is 12.0 Å². The molecule has 0 fully saturated rings. The average molecular weight is 352 g/mol. The van der Waals surface area contributed by atoms with Crippen LogP contribution in [0.5, 0.6) is 0 Å². The number of hydrogen-bond acceptors (Lipinski definition) is 2. The topological polar surface area (TPSA) is 26.3 Å². The monoisotopic (exact) mass is 352 g/mol. The number of benzene rings is 3. The van der Waals surface area contributed by atoms with Gasteiger partial charge in [0.25, 0.3) is 0 Å². The molecule has 0 amide bonds. The normalized spacial score (nSPS) is 10.3. The van der Waals surface area contributed by atoms with Gasteiger partial charge in [0.2, 0.25) is 0 Å². The molecule has 0 unspecified atom stereocenters. The smallest absolute Gasteiger partial charge is 0.339 e. The van der Waals surface area contributed by atoms with Crippen molar-refractivity contribution in [1.29, 1.82) is 0 Å². The van der Waals surface area contributed by atoms with Crippen molar-refractivity contribution < 1.29 is 9.53 Å². The molecule has 132 valence electrons. The summed E-state index contributed by atoms with van der Waals surface area (Å²) in [6.45, 7) is 2.25. The summed E-state index contributed by atoms with van der Waals surface area (Å²) in [5.74, 6) is 5.80. The number of carbonyl (C=O) groups excluding carboxylic acids is 1. The van der Waals surface area contributed by atoms with E-state index in [4.69, 9.17) is 4.74 Å². The van der Waals surface area contributed by atoms with E-state index < -0.39 is 0 Å². The Kier molecular flexibility index (Phi) is 6.22. The molecule has 0 spiro atoms. The van der Waals surface area contributed by atoms with Crippen molar-refractivity contribution in [1.82, 2.24) is 0 Å². The zero-order valence-corrected chi connectivity index (χ0v) is 15.2. The molecule has 3 aromatic carbocycles. The molecule has 0 bridgehead atoms. The third-order valence-electron chi connectivity index (χ3n) is 3.96. The highest BCUT2D eigenvalue weighted by molar-refractivity contribution is 5.92. The molecule has 0 radical (unpaired) electrons. The van der Waals surface area contributed by atoms with Crippen molar-refractivity contribution in [2.75, 3.05) is 6.61 Å². The third kappa shape index (κ3) is 5.45. The molecule has 0 aliphatic carbocycles. The summed E-state index contributed by atoms with van der Waals surface area (Å²) in [6, 6.07) is 25.1. The molecule has 0 N–H and O–H groups in total. The maximum atomic E-state index is 12.4. The van der Waals surface area contributed by atoms with Gasteiger partial charge in [-0.1, -0.05) is 78.1 Å². The number of ether oxygens (including phenoxy) is 1. The Hall–Kier alpha value is -3.57. The number of carbonyl (C=O) groups is 1.